The fourth-order valence-electron chi connectivity index (χ4n) is 9.15. The minimum absolute atomic E-state index is 0.105. The number of carbonyl (C=O) groups excluding carboxylic acids is 4. The van der Waals surface area contributed by atoms with Crippen molar-refractivity contribution in [2.45, 2.75) is 323 Å². The molecule has 0 aliphatic carbocycles. The van der Waals surface area contributed by atoms with Crippen LogP contribution in [0.3, 0.4) is 0 Å². The van der Waals surface area contributed by atoms with E-state index in [2.05, 4.69) is 41.5 Å². The van der Waals surface area contributed by atoms with Gasteiger partial charge in [-0.15, -0.1) is 0 Å². The molecule has 0 aromatic rings. The number of carbonyl (C=O) groups is 4. The zero-order valence-corrected chi connectivity index (χ0v) is 53.9. The summed E-state index contributed by atoms with van der Waals surface area (Å²) in [5.41, 5.74) is 0. The van der Waals surface area contributed by atoms with Gasteiger partial charge in [-0.05, 0) is 37.5 Å². The van der Waals surface area contributed by atoms with E-state index in [0.717, 1.165) is 108 Å². The summed E-state index contributed by atoms with van der Waals surface area (Å²) in [5, 5.41) is 10.5. The van der Waals surface area contributed by atoms with E-state index < -0.39 is 97.5 Å². The fourth-order valence-corrected chi connectivity index (χ4v) is 10.7. The van der Waals surface area contributed by atoms with Gasteiger partial charge in [0.15, 0.2) is 12.2 Å². The summed E-state index contributed by atoms with van der Waals surface area (Å²) in [6.07, 6.45) is 36.4. The predicted molar refractivity (Wildman–Crippen MR) is 321 cm³/mol. The second-order valence-corrected chi connectivity index (χ2v) is 26.1. The number of aliphatic hydroxyl groups excluding tert-OH is 1. The smallest absolute Gasteiger partial charge is 0.462 e. The fraction of sp³-hybridized carbons (Fsp3) is 0.935. The van der Waals surface area contributed by atoms with E-state index in [4.69, 9.17) is 37.0 Å². The highest BCUT2D eigenvalue weighted by molar-refractivity contribution is 7.47. The Hall–Kier alpha value is -1.94. The first-order valence-corrected chi connectivity index (χ1v) is 35.5. The van der Waals surface area contributed by atoms with Crippen LogP contribution < -0.4 is 0 Å². The van der Waals surface area contributed by atoms with Gasteiger partial charge < -0.3 is 33.8 Å². The van der Waals surface area contributed by atoms with Crippen molar-refractivity contribution in [3.63, 3.8) is 0 Å². The Morgan fingerprint density at radius 1 is 0.358 bits per heavy atom. The molecule has 3 unspecified atom stereocenters. The molecule has 0 fully saturated rings. The van der Waals surface area contributed by atoms with Crippen molar-refractivity contribution in [2.75, 3.05) is 39.6 Å². The highest BCUT2D eigenvalue weighted by Gasteiger charge is 2.30. The first-order valence-electron chi connectivity index (χ1n) is 32.5. The Morgan fingerprint density at radius 2 is 0.630 bits per heavy atom. The van der Waals surface area contributed by atoms with Crippen molar-refractivity contribution in [3.8, 4) is 0 Å². The third-order valence-corrected chi connectivity index (χ3v) is 16.5. The molecule has 0 rings (SSSR count). The Kier molecular flexibility index (Phi) is 53.4. The van der Waals surface area contributed by atoms with Crippen LogP contribution in [0.1, 0.15) is 305 Å². The molecule has 0 amide bonds. The van der Waals surface area contributed by atoms with E-state index in [9.17, 15) is 43.2 Å². The topological polar surface area (TPSA) is 237 Å². The van der Waals surface area contributed by atoms with Gasteiger partial charge in [0.05, 0.1) is 26.4 Å². The quantitative estimate of drug-likeness (QED) is 0.0222. The Morgan fingerprint density at radius 3 is 0.938 bits per heavy atom. The van der Waals surface area contributed by atoms with Crippen LogP contribution in [0.5, 0.6) is 0 Å². The lowest BCUT2D eigenvalue weighted by molar-refractivity contribution is -0.161. The average Bonchev–Trinajstić information content (AvgIpc) is 3.43. The standard InChI is InChI=1S/C62H120O17P2/c1-7-10-12-14-15-16-17-21-28-34-40-46-61(66)78-57(50-72-59(64)44-38-30-13-11-8-2)52-76-80(68,69)74-48-56(63)49-75-81(70,71)77-53-58(51-73-60(65)45-39-33-27-24-23-26-32-37-43-55(6)9-3)79-62(67)47-41-35-29-22-19-18-20-25-31-36-42-54(4)5/h54-58,63H,7-53H2,1-6H3,(H,68,69)(H,70,71)/t55?,56-,57+,58+/m0/s1. The molecule has 0 radical (unpaired) electrons. The third kappa shape index (κ3) is 55.7. The molecule has 6 atom stereocenters. The summed E-state index contributed by atoms with van der Waals surface area (Å²) in [6.45, 7) is 9.38. The van der Waals surface area contributed by atoms with Crippen molar-refractivity contribution in [3.05, 3.63) is 0 Å². The maximum absolute atomic E-state index is 13.0. The maximum Gasteiger partial charge on any atom is 0.472 e. The van der Waals surface area contributed by atoms with Gasteiger partial charge >= 0.3 is 39.5 Å². The predicted octanol–water partition coefficient (Wildman–Crippen LogP) is 16.9. The molecule has 0 aromatic carbocycles. The number of ether oxygens (including phenoxy) is 4. The number of hydrogen-bond acceptors (Lipinski definition) is 15. The van der Waals surface area contributed by atoms with Crippen molar-refractivity contribution < 1.29 is 80.2 Å². The molecule has 0 aliphatic heterocycles. The van der Waals surface area contributed by atoms with Crippen molar-refractivity contribution in [1.82, 2.24) is 0 Å². The highest BCUT2D eigenvalue weighted by Crippen LogP contribution is 2.45. The molecule has 0 spiro atoms. The molecular formula is C62H120O17P2. The Bertz CT molecular complexity index is 1600. The zero-order valence-electron chi connectivity index (χ0n) is 52.1. The monoisotopic (exact) mass is 1200 g/mol. The van der Waals surface area contributed by atoms with Crippen molar-refractivity contribution in [2.24, 2.45) is 11.8 Å². The second kappa shape index (κ2) is 54.7. The molecule has 0 saturated heterocycles. The van der Waals surface area contributed by atoms with E-state index in [1.165, 1.54) is 116 Å². The Labute approximate surface area is 492 Å². The summed E-state index contributed by atoms with van der Waals surface area (Å²) >= 11 is 0. The minimum Gasteiger partial charge on any atom is -0.462 e. The third-order valence-electron chi connectivity index (χ3n) is 14.6. The zero-order chi connectivity index (χ0) is 60.1. The lowest BCUT2D eigenvalue weighted by Gasteiger charge is -2.21. The maximum atomic E-state index is 13.0. The highest BCUT2D eigenvalue weighted by atomic mass is 31.2. The summed E-state index contributed by atoms with van der Waals surface area (Å²) < 4.78 is 67.7. The second-order valence-electron chi connectivity index (χ2n) is 23.2. The van der Waals surface area contributed by atoms with E-state index in [1.807, 2.05) is 0 Å². The van der Waals surface area contributed by atoms with Crippen molar-refractivity contribution in [1.29, 1.82) is 0 Å². The number of rotatable bonds is 61. The molecule has 0 heterocycles. The van der Waals surface area contributed by atoms with Gasteiger partial charge in [-0.1, -0.05) is 253 Å². The number of esters is 4. The van der Waals surface area contributed by atoms with E-state index in [0.29, 0.717) is 25.7 Å². The number of phosphoric acid groups is 2. The number of aliphatic hydroxyl groups is 1. The number of unbranched alkanes of at least 4 members (excludes halogenated alkanes) is 30. The first kappa shape index (κ1) is 79.1. The molecule has 19 heteroatoms. The molecular weight excluding hydrogens is 1080 g/mol. The lowest BCUT2D eigenvalue weighted by atomic mass is 9.99. The van der Waals surface area contributed by atoms with Gasteiger partial charge in [0, 0.05) is 25.7 Å². The van der Waals surface area contributed by atoms with Gasteiger partial charge in [-0.25, -0.2) is 9.13 Å². The molecule has 0 saturated carbocycles. The van der Waals surface area contributed by atoms with Gasteiger partial charge in [0.2, 0.25) is 0 Å². The van der Waals surface area contributed by atoms with Crippen LogP contribution in [-0.2, 0) is 65.4 Å². The number of hydrogen-bond donors (Lipinski definition) is 3. The van der Waals surface area contributed by atoms with E-state index >= 15 is 0 Å². The van der Waals surface area contributed by atoms with Gasteiger partial charge in [-0.2, -0.15) is 0 Å². The van der Waals surface area contributed by atoms with Crippen LogP contribution >= 0.6 is 15.6 Å². The van der Waals surface area contributed by atoms with Gasteiger partial charge in [-0.3, -0.25) is 37.3 Å². The molecule has 480 valence electrons. The van der Waals surface area contributed by atoms with Crippen LogP contribution in [0.4, 0.5) is 0 Å². The summed E-state index contributed by atoms with van der Waals surface area (Å²) in [5.74, 6) is -0.617. The van der Waals surface area contributed by atoms with E-state index in [-0.39, 0.29) is 25.7 Å². The average molecular weight is 1200 g/mol. The van der Waals surface area contributed by atoms with Crippen LogP contribution in [-0.4, -0.2) is 96.7 Å². The lowest BCUT2D eigenvalue weighted by Crippen LogP contribution is -2.30. The largest absolute Gasteiger partial charge is 0.472 e. The number of phosphoric ester groups is 2. The molecule has 0 aromatic heterocycles. The molecule has 17 nitrogen and oxygen atoms in total. The molecule has 81 heavy (non-hydrogen) atoms. The van der Waals surface area contributed by atoms with Gasteiger partial charge in [0.25, 0.3) is 0 Å². The first-order chi connectivity index (χ1) is 38.9. The summed E-state index contributed by atoms with van der Waals surface area (Å²) in [7, 11) is -9.88. The molecule has 0 aliphatic rings. The normalized spacial score (nSPS) is 14.7. The van der Waals surface area contributed by atoms with Crippen LogP contribution in [0.25, 0.3) is 0 Å². The van der Waals surface area contributed by atoms with E-state index in [1.54, 1.807) is 0 Å². The van der Waals surface area contributed by atoms with Crippen molar-refractivity contribution >= 4 is 39.5 Å². The van der Waals surface area contributed by atoms with Crippen LogP contribution in [0.15, 0.2) is 0 Å². The van der Waals surface area contributed by atoms with Crippen LogP contribution in [0.2, 0.25) is 0 Å². The minimum atomic E-state index is -4.94. The molecule has 0 bridgehead atoms. The Balaban J connectivity index is 5.19. The van der Waals surface area contributed by atoms with Gasteiger partial charge in [0.1, 0.15) is 19.3 Å². The SMILES string of the molecule is CCCCCCCCCCCCCC(=O)O[C@H](COC(=O)CCCCCCC)COP(=O)(O)OC[C@H](O)COP(=O)(O)OC[C@@H](COC(=O)CCCCCCCCCCC(C)CC)OC(=O)CCCCCCCCCCCCC(C)C. The molecule has 3 N–H and O–H groups in total. The summed E-state index contributed by atoms with van der Waals surface area (Å²) in [6, 6.07) is 0. The summed E-state index contributed by atoms with van der Waals surface area (Å²) in [4.78, 5) is 71.9. The van der Waals surface area contributed by atoms with Crippen LogP contribution in [0, 0.1) is 11.8 Å².